The Bertz CT molecular complexity index is 1250. The Hall–Kier alpha value is -3.05. The molecule has 1 aliphatic heterocycles. The van der Waals surface area contributed by atoms with Crippen LogP contribution < -0.4 is 10.6 Å². The van der Waals surface area contributed by atoms with E-state index in [9.17, 15) is 22.8 Å². The summed E-state index contributed by atoms with van der Waals surface area (Å²) in [5.74, 6) is -0.985. The summed E-state index contributed by atoms with van der Waals surface area (Å²) in [6.07, 6.45) is 7.89. The number of hydrogen-bond donors (Lipinski definition) is 2. The molecule has 1 saturated heterocycles. The third kappa shape index (κ3) is 7.13. The Balaban J connectivity index is 1.46. The highest BCUT2D eigenvalue weighted by atomic mass is 32.2. The second-order valence-electron chi connectivity index (χ2n) is 11.5. The van der Waals surface area contributed by atoms with Crippen molar-refractivity contribution in [2.45, 2.75) is 88.9 Å². The van der Waals surface area contributed by atoms with Crippen molar-refractivity contribution < 1.29 is 27.2 Å². The second-order valence-corrected chi connectivity index (χ2v) is 13.4. The van der Waals surface area contributed by atoms with E-state index in [4.69, 9.17) is 4.42 Å². The van der Waals surface area contributed by atoms with Crippen LogP contribution in [0, 0.1) is 11.3 Å². The summed E-state index contributed by atoms with van der Waals surface area (Å²) in [4.78, 5) is 43.5. The minimum atomic E-state index is -3.98. The van der Waals surface area contributed by atoms with E-state index in [1.165, 1.54) is 24.6 Å². The number of aromatic nitrogens is 1. The van der Waals surface area contributed by atoms with Crippen molar-refractivity contribution in [2.75, 3.05) is 6.54 Å². The lowest BCUT2D eigenvalue weighted by molar-refractivity contribution is -0.129. The van der Waals surface area contributed by atoms with Gasteiger partial charge < -0.3 is 15.1 Å². The number of nitrogens with one attached hydrogen (secondary N) is 2. The summed E-state index contributed by atoms with van der Waals surface area (Å²) in [5.41, 5.74) is 0.261. The molecule has 2 aromatic rings. The molecule has 2 aliphatic rings. The van der Waals surface area contributed by atoms with Crippen molar-refractivity contribution in [1.29, 1.82) is 0 Å². The fourth-order valence-electron chi connectivity index (χ4n) is 5.40. The molecule has 3 heterocycles. The number of hydrogen-bond acceptors (Lipinski definition) is 7. The number of ketones is 1. The summed E-state index contributed by atoms with van der Waals surface area (Å²) < 4.78 is 32.8. The summed E-state index contributed by atoms with van der Waals surface area (Å²) in [7, 11) is -3.98. The maximum Gasteiger partial charge on any atom is 0.287 e. The first-order valence-corrected chi connectivity index (χ1v) is 15.0. The lowest BCUT2D eigenvalue weighted by Crippen LogP contribution is -2.53. The van der Waals surface area contributed by atoms with Gasteiger partial charge in [0.05, 0.1) is 18.8 Å². The first-order chi connectivity index (χ1) is 18.5. The molecular formula is C28H38N4O6S. The number of furan rings is 1. The fraction of sp³-hybridized carbons (Fsp3) is 0.571. The lowest BCUT2D eigenvalue weighted by Gasteiger charge is -2.35. The predicted octanol–water partition coefficient (Wildman–Crippen LogP) is 3.31. The number of carbonyl (C=O) groups excluding carboxylic acids is 3. The van der Waals surface area contributed by atoms with Crippen LogP contribution in [0.15, 0.2) is 52.2 Å². The molecule has 2 N–H and O–H groups in total. The van der Waals surface area contributed by atoms with Crippen LogP contribution in [0.5, 0.6) is 0 Å². The number of nitrogens with zero attached hydrogens (tertiary/aromatic N) is 2. The average molecular weight is 559 g/mol. The Morgan fingerprint density at radius 1 is 1.13 bits per heavy atom. The predicted molar refractivity (Wildman–Crippen MR) is 144 cm³/mol. The van der Waals surface area contributed by atoms with Crippen molar-refractivity contribution in [2.24, 2.45) is 11.3 Å². The number of rotatable bonds is 8. The number of amides is 2. The molecule has 2 amide bonds. The molecule has 0 unspecified atom stereocenters. The third-order valence-corrected chi connectivity index (χ3v) is 9.86. The highest BCUT2D eigenvalue weighted by Crippen LogP contribution is 2.39. The number of sulfonamides is 1. The van der Waals surface area contributed by atoms with E-state index in [0.717, 1.165) is 30.0 Å². The Morgan fingerprint density at radius 2 is 1.87 bits per heavy atom. The first-order valence-electron chi connectivity index (χ1n) is 13.6. The van der Waals surface area contributed by atoms with Gasteiger partial charge >= 0.3 is 0 Å². The van der Waals surface area contributed by atoms with Crippen LogP contribution in [-0.4, -0.2) is 60.0 Å². The minimum absolute atomic E-state index is 0.104. The van der Waals surface area contributed by atoms with Gasteiger partial charge in [-0.25, -0.2) is 13.4 Å². The number of Topliss-reactive ketones (excluding diaryl/α,β-unsaturated/α-hetero) is 1. The van der Waals surface area contributed by atoms with Gasteiger partial charge in [0, 0.05) is 12.2 Å². The van der Waals surface area contributed by atoms with Gasteiger partial charge in [-0.2, -0.15) is 4.31 Å². The molecule has 39 heavy (non-hydrogen) atoms. The van der Waals surface area contributed by atoms with Crippen LogP contribution in [0.2, 0.25) is 0 Å². The van der Waals surface area contributed by atoms with E-state index in [1.807, 2.05) is 0 Å². The SMILES string of the molecule is C[C@@H]1CC[C@H](NC(=O)[C@H](CC2CCC(C)(C)CC2)NC(=O)c2ccco2)C(=O)CN1S(=O)(=O)c1ccccn1. The maximum absolute atomic E-state index is 13.5. The zero-order valence-electron chi connectivity index (χ0n) is 22.8. The van der Waals surface area contributed by atoms with Gasteiger partial charge in [-0.05, 0) is 87.5 Å². The molecule has 0 radical (unpaired) electrons. The van der Waals surface area contributed by atoms with Gasteiger partial charge in [-0.3, -0.25) is 14.4 Å². The van der Waals surface area contributed by atoms with Crippen molar-refractivity contribution in [1.82, 2.24) is 19.9 Å². The van der Waals surface area contributed by atoms with E-state index in [1.54, 1.807) is 25.1 Å². The normalized spacial score (nSPS) is 23.5. The Labute approximate surface area is 230 Å². The topological polar surface area (TPSA) is 139 Å². The molecule has 10 nitrogen and oxygen atoms in total. The minimum Gasteiger partial charge on any atom is -0.459 e. The van der Waals surface area contributed by atoms with E-state index >= 15 is 0 Å². The largest absolute Gasteiger partial charge is 0.459 e. The summed E-state index contributed by atoms with van der Waals surface area (Å²) in [6, 6.07) is 5.56. The molecule has 3 atom stereocenters. The molecule has 2 fully saturated rings. The van der Waals surface area contributed by atoms with E-state index in [2.05, 4.69) is 29.5 Å². The first kappa shape index (κ1) is 28.9. The molecular weight excluding hydrogens is 520 g/mol. The second kappa shape index (κ2) is 12.0. The highest BCUT2D eigenvalue weighted by Gasteiger charge is 2.39. The van der Waals surface area contributed by atoms with Gasteiger partial charge in [0.1, 0.15) is 6.04 Å². The molecule has 4 rings (SSSR count). The molecule has 1 saturated carbocycles. The van der Waals surface area contributed by atoms with Crippen molar-refractivity contribution in [3.05, 3.63) is 48.6 Å². The molecule has 2 aromatic heterocycles. The number of carbonyl (C=O) groups is 3. The maximum atomic E-state index is 13.5. The zero-order chi connectivity index (χ0) is 28.2. The van der Waals surface area contributed by atoms with E-state index in [0.29, 0.717) is 12.8 Å². The van der Waals surface area contributed by atoms with Crippen LogP contribution >= 0.6 is 0 Å². The lowest BCUT2D eigenvalue weighted by atomic mass is 9.71. The number of pyridine rings is 1. The van der Waals surface area contributed by atoms with Crippen LogP contribution in [0.25, 0.3) is 0 Å². The fourth-order valence-corrected chi connectivity index (χ4v) is 6.96. The van der Waals surface area contributed by atoms with Crippen molar-refractivity contribution >= 4 is 27.6 Å². The molecule has 1 aliphatic carbocycles. The average Bonchev–Trinajstić information content (AvgIpc) is 3.41. The zero-order valence-corrected chi connectivity index (χ0v) is 23.6. The van der Waals surface area contributed by atoms with Crippen molar-refractivity contribution in [3.8, 4) is 0 Å². The standard InChI is InChI=1S/C28H38N4O6S/c1-19-9-10-21(23(33)18-32(19)39(36,37)25-8-4-5-15-29-25)30-26(34)22(31-27(35)24-7-6-16-38-24)17-20-11-13-28(2,3)14-12-20/h4-8,15-16,19-22H,9-14,17-18H2,1-3H3,(H,30,34)(H,31,35)/t19-,21+,22+/m1/s1. The summed E-state index contributed by atoms with van der Waals surface area (Å²) in [5, 5.41) is 5.50. The monoisotopic (exact) mass is 558 g/mol. The van der Waals surface area contributed by atoms with Crippen LogP contribution in [-0.2, 0) is 19.6 Å². The Kier molecular flexibility index (Phi) is 8.90. The van der Waals surface area contributed by atoms with Gasteiger partial charge in [0.2, 0.25) is 5.91 Å². The van der Waals surface area contributed by atoms with Gasteiger partial charge in [0.15, 0.2) is 16.6 Å². The highest BCUT2D eigenvalue weighted by molar-refractivity contribution is 7.89. The van der Waals surface area contributed by atoms with Gasteiger partial charge in [-0.15, -0.1) is 0 Å². The van der Waals surface area contributed by atoms with Crippen LogP contribution in [0.4, 0.5) is 0 Å². The third-order valence-electron chi connectivity index (χ3n) is 7.99. The molecule has 0 bridgehead atoms. The smallest absolute Gasteiger partial charge is 0.287 e. The quantitative estimate of drug-likeness (QED) is 0.507. The molecule has 212 valence electrons. The molecule has 0 spiro atoms. The molecule has 0 aromatic carbocycles. The van der Waals surface area contributed by atoms with Crippen LogP contribution in [0.3, 0.4) is 0 Å². The van der Waals surface area contributed by atoms with Gasteiger partial charge in [0.25, 0.3) is 15.9 Å². The van der Waals surface area contributed by atoms with E-state index in [-0.39, 0.29) is 35.1 Å². The molecule has 11 heteroatoms. The summed E-state index contributed by atoms with van der Waals surface area (Å²) in [6.45, 7) is 5.85. The van der Waals surface area contributed by atoms with Crippen molar-refractivity contribution in [3.63, 3.8) is 0 Å². The van der Waals surface area contributed by atoms with Gasteiger partial charge in [-0.1, -0.05) is 19.9 Å². The van der Waals surface area contributed by atoms with E-state index < -0.39 is 45.7 Å². The van der Waals surface area contributed by atoms with Crippen LogP contribution in [0.1, 0.15) is 76.3 Å². The Morgan fingerprint density at radius 3 is 2.51 bits per heavy atom. The summed E-state index contributed by atoms with van der Waals surface area (Å²) >= 11 is 0.